The summed E-state index contributed by atoms with van der Waals surface area (Å²) >= 11 is 5.35. The Morgan fingerprint density at radius 2 is 2.00 bits per heavy atom. The van der Waals surface area contributed by atoms with Gasteiger partial charge < -0.3 is 19.6 Å². The molecule has 2 bridgehead atoms. The fraction of sp³-hybridized carbons (Fsp3) is 0.731. The highest BCUT2D eigenvalue weighted by molar-refractivity contribution is 9.09. The number of carbonyl (C=O) groups excluding carboxylic acids is 3. The van der Waals surface area contributed by atoms with E-state index in [4.69, 9.17) is 4.74 Å². The van der Waals surface area contributed by atoms with Gasteiger partial charge in [-0.1, -0.05) is 41.9 Å². The molecule has 0 saturated carbocycles. The third kappa shape index (κ3) is 4.97. The van der Waals surface area contributed by atoms with Crippen LogP contribution in [0.15, 0.2) is 25.3 Å². The zero-order chi connectivity index (χ0) is 26.1. The number of fused-ring (bicyclic) bond motifs is 1. The molecule has 9 heteroatoms. The second kappa shape index (κ2) is 11.4. The lowest BCUT2D eigenvalue weighted by atomic mass is 9.71. The summed E-state index contributed by atoms with van der Waals surface area (Å²) in [5.41, 5.74) is 0. The molecule has 0 aliphatic carbocycles. The van der Waals surface area contributed by atoms with Crippen molar-refractivity contribution in [1.29, 1.82) is 0 Å². The van der Waals surface area contributed by atoms with Crippen LogP contribution >= 0.6 is 27.7 Å². The van der Waals surface area contributed by atoms with Gasteiger partial charge >= 0.3 is 5.97 Å². The number of hydrogen-bond acceptors (Lipinski definition) is 6. The number of aliphatic hydroxyl groups excluding tert-OH is 1. The predicted molar refractivity (Wildman–Crippen MR) is 142 cm³/mol. The van der Waals surface area contributed by atoms with Gasteiger partial charge in [0, 0.05) is 22.7 Å². The van der Waals surface area contributed by atoms with Crippen molar-refractivity contribution in [2.45, 2.75) is 79.9 Å². The van der Waals surface area contributed by atoms with Crippen LogP contribution in [-0.2, 0) is 19.1 Å². The Morgan fingerprint density at radius 1 is 1.31 bits per heavy atom. The van der Waals surface area contributed by atoms with E-state index in [-0.39, 0.29) is 47.1 Å². The fourth-order valence-electron chi connectivity index (χ4n) is 6.02. The SMILES string of the molecule is C=CCCOC(=O)[C@H]1[C@H]2C(=O)N([C@@H](CO)CC(C)C)C(C(=O)N(CC=C)C(C)C)C23CC(Br)[C@@H]1S3. The molecule has 0 aromatic rings. The van der Waals surface area contributed by atoms with Gasteiger partial charge in [-0.2, -0.15) is 0 Å². The number of aliphatic hydroxyl groups is 1. The van der Waals surface area contributed by atoms with E-state index < -0.39 is 34.6 Å². The normalized spacial score (nSPS) is 32.2. The number of rotatable bonds is 12. The molecular weight excluding hydrogens is 532 g/mol. The molecule has 0 aromatic carbocycles. The first-order valence-electron chi connectivity index (χ1n) is 12.5. The number of esters is 1. The number of hydrogen-bond donors (Lipinski definition) is 1. The van der Waals surface area contributed by atoms with E-state index in [2.05, 4.69) is 29.1 Å². The maximum absolute atomic E-state index is 14.2. The Morgan fingerprint density at radius 3 is 2.54 bits per heavy atom. The van der Waals surface area contributed by atoms with Gasteiger partial charge in [-0.15, -0.1) is 24.9 Å². The van der Waals surface area contributed by atoms with Crippen molar-refractivity contribution in [1.82, 2.24) is 9.80 Å². The van der Waals surface area contributed by atoms with Crippen molar-refractivity contribution in [3.63, 3.8) is 0 Å². The van der Waals surface area contributed by atoms with Crippen molar-refractivity contribution in [2.75, 3.05) is 19.8 Å². The van der Waals surface area contributed by atoms with E-state index >= 15 is 0 Å². The third-order valence-corrected chi connectivity index (χ3v) is 10.6. The summed E-state index contributed by atoms with van der Waals surface area (Å²) in [4.78, 5) is 45.0. The zero-order valence-electron chi connectivity index (χ0n) is 21.2. The Bertz CT molecular complexity index is 852. The lowest BCUT2D eigenvalue weighted by Gasteiger charge is -2.41. The van der Waals surface area contributed by atoms with Gasteiger partial charge in [-0.25, -0.2) is 0 Å². The molecule has 3 aliphatic heterocycles. The molecule has 3 rings (SSSR count). The number of alkyl halides is 1. The molecule has 7 atom stereocenters. The van der Waals surface area contributed by atoms with Crippen LogP contribution in [0.1, 0.15) is 47.0 Å². The standard InChI is InChI=1S/C26H39BrN2O5S/c1-7-9-11-34-25(33)19-20-23(31)29(17(14-30)12-15(3)4)22(24(32)28(10-8-2)16(5)6)26(20)13-18(27)21(19)35-26/h7-8,15-22,30H,1-2,9-14H2,3-6H3/t17-,18?,19+,20+,21+,22?,26?/m1/s1. The van der Waals surface area contributed by atoms with Crippen molar-refractivity contribution in [3.05, 3.63) is 25.3 Å². The summed E-state index contributed by atoms with van der Waals surface area (Å²) in [6, 6.07) is -1.35. The maximum Gasteiger partial charge on any atom is 0.310 e. The van der Waals surface area contributed by atoms with Crippen LogP contribution in [0.5, 0.6) is 0 Å². The Kier molecular flexibility index (Phi) is 9.19. The minimum atomic E-state index is -0.765. The summed E-state index contributed by atoms with van der Waals surface area (Å²) in [6.45, 7) is 15.8. The molecule has 35 heavy (non-hydrogen) atoms. The maximum atomic E-state index is 14.2. The summed E-state index contributed by atoms with van der Waals surface area (Å²) in [6.07, 6.45) is 5.09. The van der Waals surface area contributed by atoms with Gasteiger partial charge in [0.15, 0.2) is 0 Å². The number of halogens is 1. The third-order valence-electron chi connectivity index (χ3n) is 7.38. The average molecular weight is 572 g/mol. The fourth-order valence-corrected chi connectivity index (χ4v) is 9.60. The highest BCUT2D eigenvalue weighted by atomic mass is 79.9. The van der Waals surface area contributed by atoms with E-state index in [1.165, 1.54) is 0 Å². The highest BCUT2D eigenvalue weighted by Crippen LogP contribution is 2.68. The number of thioether (sulfide) groups is 1. The van der Waals surface area contributed by atoms with Crippen LogP contribution < -0.4 is 0 Å². The van der Waals surface area contributed by atoms with Crippen LogP contribution in [0.3, 0.4) is 0 Å². The average Bonchev–Trinajstić information content (AvgIpc) is 3.38. The topological polar surface area (TPSA) is 87.1 Å². The molecule has 0 aromatic heterocycles. The zero-order valence-corrected chi connectivity index (χ0v) is 23.6. The van der Waals surface area contributed by atoms with Crippen molar-refractivity contribution in [3.8, 4) is 0 Å². The molecule has 7 nitrogen and oxygen atoms in total. The summed E-state index contributed by atoms with van der Waals surface area (Å²) in [7, 11) is 0. The quantitative estimate of drug-likeness (QED) is 0.167. The minimum absolute atomic E-state index is 0.0201. The van der Waals surface area contributed by atoms with Gasteiger partial charge in [0.1, 0.15) is 6.04 Å². The molecular formula is C26H39BrN2O5S. The van der Waals surface area contributed by atoms with Gasteiger partial charge in [0.2, 0.25) is 11.8 Å². The summed E-state index contributed by atoms with van der Waals surface area (Å²) in [5, 5.41) is 10.2. The van der Waals surface area contributed by atoms with Crippen molar-refractivity contribution in [2.24, 2.45) is 17.8 Å². The van der Waals surface area contributed by atoms with E-state index in [1.54, 1.807) is 33.7 Å². The smallest absolute Gasteiger partial charge is 0.310 e. The molecule has 3 unspecified atom stereocenters. The van der Waals surface area contributed by atoms with Crippen LogP contribution in [0.2, 0.25) is 0 Å². The molecule has 196 valence electrons. The number of amides is 2. The molecule has 1 N–H and O–H groups in total. The molecule has 2 amide bonds. The first-order chi connectivity index (χ1) is 16.5. The van der Waals surface area contributed by atoms with Crippen molar-refractivity contribution >= 4 is 45.5 Å². The Labute approximate surface area is 221 Å². The van der Waals surface area contributed by atoms with E-state index in [9.17, 15) is 19.5 Å². The van der Waals surface area contributed by atoms with E-state index in [0.29, 0.717) is 25.8 Å². The van der Waals surface area contributed by atoms with Gasteiger partial charge in [0.25, 0.3) is 0 Å². The van der Waals surface area contributed by atoms with Gasteiger partial charge in [0.05, 0.1) is 35.8 Å². The molecule has 1 spiro atoms. The molecule has 3 saturated heterocycles. The lowest BCUT2D eigenvalue weighted by Crippen LogP contribution is -2.59. The first kappa shape index (κ1) is 28.3. The Balaban J connectivity index is 2.09. The van der Waals surface area contributed by atoms with E-state index in [1.807, 2.05) is 27.7 Å². The van der Waals surface area contributed by atoms with Crippen molar-refractivity contribution < 1.29 is 24.2 Å². The number of ether oxygens (including phenoxy) is 1. The number of nitrogens with zero attached hydrogens (tertiary/aromatic N) is 2. The molecule has 0 radical (unpaired) electrons. The highest BCUT2D eigenvalue weighted by Gasteiger charge is 2.76. The molecule has 3 fully saturated rings. The lowest BCUT2D eigenvalue weighted by molar-refractivity contribution is -0.154. The number of likely N-dealkylation sites (tertiary alicyclic amines) is 1. The summed E-state index contributed by atoms with van der Waals surface area (Å²) in [5.74, 6) is -1.83. The molecule has 3 heterocycles. The molecule has 3 aliphatic rings. The predicted octanol–water partition coefficient (Wildman–Crippen LogP) is 3.40. The van der Waals surface area contributed by atoms with Crippen LogP contribution in [-0.4, -0.2) is 85.4 Å². The summed E-state index contributed by atoms with van der Waals surface area (Å²) < 4.78 is 4.80. The second-order valence-corrected chi connectivity index (χ2v) is 13.2. The van der Waals surface area contributed by atoms with Crippen LogP contribution in [0.25, 0.3) is 0 Å². The van der Waals surface area contributed by atoms with Gasteiger partial charge in [-0.05, 0) is 39.0 Å². The minimum Gasteiger partial charge on any atom is -0.465 e. The monoisotopic (exact) mass is 570 g/mol. The largest absolute Gasteiger partial charge is 0.465 e. The van der Waals surface area contributed by atoms with Gasteiger partial charge in [-0.3, -0.25) is 14.4 Å². The van der Waals surface area contributed by atoms with Crippen LogP contribution in [0, 0.1) is 17.8 Å². The second-order valence-electron chi connectivity index (χ2n) is 10.5. The number of carbonyl (C=O) groups is 3. The Hall–Kier alpha value is -1.32. The first-order valence-corrected chi connectivity index (χ1v) is 14.3. The van der Waals surface area contributed by atoms with Crippen LogP contribution in [0.4, 0.5) is 0 Å². The van der Waals surface area contributed by atoms with E-state index in [0.717, 1.165) is 0 Å².